The minimum atomic E-state index is -0.819. The van der Waals surface area contributed by atoms with Gasteiger partial charge in [0, 0.05) is 18.9 Å². The van der Waals surface area contributed by atoms with Gasteiger partial charge in [0.05, 0.1) is 0 Å². The van der Waals surface area contributed by atoms with Gasteiger partial charge in [-0.1, -0.05) is 6.92 Å². The third kappa shape index (κ3) is 6.23. The van der Waals surface area contributed by atoms with Crippen LogP contribution < -0.4 is 5.32 Å². The molecule has 21 heavy (non-hydrogen) atoms. The summed E-state index contributed by atoms with van der Waals surface area (Å²) in [5.41, 5.74) is 0.459. The van der Waals surface area contributed by atoms with Crippen LogP contribution in [0.2, 0.25) is 0 Å². The van der Waals surface area contributed by atoms with Gasteiger partial charge < -0.3 is 15.3 Å². The van der Waals surface area contributed by atoms with Gasteiger partial charge in [-0.3, -0.25) is 9.78 Å². The molecule has 0 bridgehead atoms. The molecular formula is C16H27N3O2. The van der Waals surface area contributed by atoms with Crippen LogP contribution in [-0.4, -0.2) is 53.2 Å². The molecule has 0 aliphatic rings. The van der Waals surface area contributed by atoms with Crippen molar-refractivity contribution in [3.8, 4) is 0 Å². The van der Waals surface area contributed by atoms with Crippen LogP contribution >= 0.6 is 0 Å². The van der Waals surface area contributed by atoms with E-state index in [1.165, 1.54) is 5.56 Å². The quantitative estimate of drug-likeness (QED) is 0.688. The summed E-state index contributed by atoms with van der Waals surface area (Å²) in [6.45, 7) is 6.23. The molecule has 0 aliphatic heterocycles. The molecule has 5 nitrogen and oxygen atoms in total. The standard InChI is InChI=1S/C16H27N3O2/c1-4-18-16(2,15(20)21)9-5-12-19(3)13-8-14-6-10-17-11-7-14/h6-7,10-11,18H,4-5,8-9,12-13H2,1-3H3,(H,20,21). The number of aromatic nitrogens is 1. The van der Waals surface area contributed by atoms with Crippen LogP contribution in [0.5, 0.6) is 0 Å². The highest BCUT2D eigenvalue weighted by atomic mass is 16.4. The van der Waals surface area contributed by atoms with Crippen molar-refractivity contribution >= 4 is 5.97 Å². The first-order valence-electron chi connectivity index (χ1n) is 7.54. The normalized spacial score (nSPS) is 14.1. The van der Waals surface area contributed by atoms with Crippen LogP contribution in [0.15, 0.2) is 24.5 Å². The molecule has 1 heterocycles. The SMILES string of the molecule is CCNC(C)(CCCN(C)CCc1ccncc1)C(=O)O. The molecule has 1 rings (SSSR count). The second-order valence-electron chi connectivity index (χ2n) is 5.68. The molecule has 0 saturated heterocycles. The molecule has 0 fully saturated rings. The van der Waals surface area contributed by atoms with Crippen LogP contribution in [-0.2, 0) is 11.2 Å². The average molecular weight is 293 g/mol. The Hall–Kier alpha value is -1.46. The van der Waals surface area contributed by atoms with Gasteiger partial charge in [-0.25, -0.2) is 0 Å². The number of hydrogen-bond donors (Lipinski definition) is 2. The van der Waals surface area contributed by atoms with Crippen molar-refractivity contribution in [3.63, 3.8) is 0 Å². The molecule has 5 heteroatoms. The number of pyridine rings is 1. The van der Waals surface area contributed by atoms with Crippen molar-refractivity contribution < 1.29 is 9.90 Å². The molecule has 2 N–H and O–H groups in total. The molecule has 118 valence electrons. The van der Waals surface area contributed by atoms with Gasteiger partial charge in [0.25, 0.3) is 0 Å². The van der Waals surface area contributed by atoms with Crippen LogP contribution in [0.1, 0.15) is 32.3 Å². The van der Waals surface area contributed by atoms with Crippen LogP contribution in [0.4, 0.5) is 0 Å². The number of nitrogens with one attached hydrogen (secondary N) is 1. The van der Waals surface area contributed by atoms with Gasteiger partial charge in [-0.2, -0.15) is 0 Å². The Morgan fingerprint density at radius 1 is 1.38 bits per heavy atom. The van der Waals surface area contributed by atoms with E-state index < -0.39 is 11.5 Å². The summed E-state index contributed by atoms with van der Waals surface area (Å²) < 4.78 is 0. The van der Waals surface area contributed by atoms with E-state index in [0.29, 0.717) is 13.0 Å². The van der Waals surface area contributed by atoms with Gasteiger partial charge >= 0.3 is 5.97 Å². The topological polar surface area (TPSA) is 65.5 Å². The van der Waals surface area contributed by atoms with Crippen molar-refractivity contribution in [1.82, 2.24) is 15.2 Å². The van der Waals surface area contributed by atoms with E-state index in [9.17, 15) is 9.90 Å². The predicted molar refractivity (Wildman–Crippen MR) is 84.4 cm³/mol. The molecule has 1 atom stereocenters. The summed E-state index contributed by atoms with van der Waals surface area (Å²) in [7, 11) is 2.08. The summed E-state index contributed by atoms with van der Waals surface area (Å²) in [5.74, 6) is -0.774. The first-order valence-corrected chi connectivity index (χ1v) is 7.54. The zero-order valence-electron chi connectivity index (χ0n) is 13.3. The Balaban J connectivity index is 2.29. The molecule has 0 amide bonds. The van der Waals surface area contributed by atoms with E-state index in [-0.39, 0.29) is 0 Å². The summed E-state index contributed by atoms with van der Waals surface area (Å²) in [6, 6.07) is 4.06. The Morgan fingerprint density at radius 3 is 2.62 bits per heavy atom. The fourth-order valence-corrected chi connectivity index (χ4v) is 2.34. The fraction of sp³-hybridized carbons (Fsp3) is 0.625. The van der Waals surface area contributed by atoms with Crippen molar-refractivity contribution in [1.29, 1.82) is 0 Å². The fourth-order valence-electron chi connectivity index (χ4n) is 2.34. The second-order valence-corrected chi connectivity index (χ2v) is 5.68. The number of aliphatic carboxylic acids is 1. The van der Waals surface area contributed by atoms with Crippen molar-refractivity contribution in [3.05, 3.63) is 30.1 Å². The first kappa shape index (κ1) is 17.6. The molecule has 1 aromatic heterocycles. The van der Waals surface area contributed by atoms with E-state index in [0.717, 1.165) is 25.9 Å². The maximum absolute atomic E-state index is 11.3. The van der Waals surface area contributed by atoms with Gasteiger partial charge in [0.2, 0.25) is 0 Å². The Bertz CT molecular complexity index is 425. The lowest BCUT2D eigenvalue weighted by Gasteiger charge is -2.27. The highest BCUT2D eigenvalue weighted by Crippen LogP contribution is 2.13. The minimum absolute atomic E-state index is 0.635. The smallest absolute Gasteiger partial charge is 0.323 e. The van der Waals surface area contributed by atoms with Crippen LogP contribution in [0.3, 0.4) is 0 Å². The maximum Gasteiger partial charge on any atom is 0.323 e. The van der Waals surface area contributed by atoms with Gasteiger partial charge in [-0.15, -0.1) is 0 Å². The van der Waals surface area contributed by atoms with Crippen molar-refractivity contribution in [2.75, 3.05) is 26.7 Å². The number of likely N-dealkylation sites (N-methyl/N-ethyl adjacent to an activating group) is 2. The number of carbonyl (C=O) groups is 1. The number of nitrogens with zero attached hydrogens (tertiary/aromatic N) is 2. The summed E-state index contributed by atoms with van der Waals surface area (Å²) >= 11 is 0. The molecule has 0 aromatic carbocycles. The van der Waals surface area contributed by atoms with Crippen LogP contribution in [0.25, 0.3) is 0 Å². The molecule has 1 aromatic rings. The number of hydrogen-bond acceptors (Lipinski definition) is 4. The minimum Gasteiger partial charge on any atom is -0.480 e. The lowest BCUT2D eigenvalue weighted by Crippen LogP contribution is -2.49. The average Bonchev–Trinajstić information content (AvgIpc) is 2.46. The zero-order valence-corrected chi connectivity index (χ0v) is 13.3. The lowest BCUT2D eigenvalue weighted by molar-refractivity contribution is -0.144. The largest absolute Gasteiger partial charge is 0.480 e. The van der Waals surface area contributed by atoms with E-state index >= 15 is 0 Å². The van der Waals surface area contributed by atoms with Gasteiger partial charge in [0.1, 0.15) is 5.54 Å². The molecule has 0 radical (unpaired) electrons. The highest BCUT2D eigenvalue weighted by Gasteiger charge is 2.31. The number of carboxylic acid groups (broad SMARTS) is 1. The van der Waals surface area contributed by atoms with Gasteiger partial charge in [-0.05, 0) is 64.0 Å². The van der Waals surface area contributed by atoms with Gasteiger partial charge in [0.15, 0.2) is 0 Å². The highest BCUT2D eigenvalue weighted by molar-refractivity contribution is 5.78. The van der Waals surface area contributed by atoms with E-state index in [2.05, 4.69) is 22.2 Å². The predicted octanol–water partition coefficient (Wildman–Crippen LogP) is 1.79. The zero-order chi connectivity index (χ0) is 15.7. The third-order valence-corrected chi connectivity index (χ3v) is 3.79. The van der Waals surface area contributed by atoms with Crippen molar-refractivity contribution in [2.24, 2.45) is 0 Å². The Morgan fingerprint density at radius 2 is 2.05 bits per heavy atom. The Labute approximate surface area is 127 Å². The summed E-state index contributed by atoms with van der Waals surface area (Å²) in [4.78, 5) is 17.6. The monoisotopic (exact) mass is 293 g/mol. The second kappa shape index (κ2) is 8.74. The number of carboxylic acids is 1. The molecule has 1 unspecified atom stereocenters. The summed E-state index contributed by atoms with van der Waals surface area (Å²) in [5, 5.41) is 12.4. The number of rotatable bonds is 10. The first-order chi connectivity index (χ1) is 9.98. The Kier molecular flexibility index (Phi) is 7.32. The van der Waals surface area contributed by atoms with E-state index in [1.807, 2.05) is 31.5 Å². The lowest BCUT2D eigenvalue weighted by atomic mass is 9.95. The molecule has 0 spiro atoms. The molecule has 0 saturated carbocycles. The van der Waals surface area contributed by atoms with Crippen molar-refractivity contribution in [2.45, 2.75) is 38.6 Å². The maximum atomic E-state index is 11.3. The third-order valence-electron chi connectivity index (χ3n) is 3.79. The summed E-state index contributed by atoms with van der Waals surface area (Å²) in [6.07, 6.45) is 6.11. The molecule has 0 aliphatic carbocycles. The molecular weight excluding hydrogens is 266 g/mol. The van der Waals surface area contributed by atoms with Crippen LogP contribution in [0, 0.1) is 0 Å². The van der Waals surface area contributed by atoms with E-state index in [1.54, 1.807) is 6.92 Å². The van der Waals surface area contributed by atoms with E-state index in [4.69, 9.17) is 0 Å².